The van der Waals surface area contributed by atoms with Crippen molar-refractivity contribution in [2.24, 2.45) is 17.8 Å². The Morgan fingerprint density at radius 3 is 2.75 bits per heavy atom. The van der Waals surface area contributed by atoms with E-state index in [-0.39, 0.29) is 5.92 Å². The van der Waals surface area contributed by atoms with Gasteiger partial charge in [0.2, 0.25) is 17.9 Å². The maximum atomic E-state index is 12.2. The monoisotopic (exact) mass is 282 g/mol. The van der Waals surface area contributed by atoms with Crippen LogP contribution in [0.1, 0.15) is 39.5 Å². The zero-order chi connectivity index (χ0) is 14.1. The topological polar surface area (TPSA) is 71.1 Å². The molecule has 5 rings (SSSR count). The highest BCUT2D eigenvalue weighted by molar-refractivity contribution is 6.35. The van der Waals surface area contributed by atoms with Crippen LogP contribution in [0.15, 0.2) is 0 Å². The third kappa shape index (κ3) is 1.39. The van der Waals surface area contributed by atoms with Crippen molar-refractivity contribution in [3.05, 3.63) is 0 Å². The summed E-state index contributed by atoms with van der Waals surface area (Å²) in [7, 11) is 0. The molecule has 5 fully saturated rings. The molecular weight excluding hydrogens is 264 g/mol. The van der Waals surface area contributed by atoms with Crippen molar-refractivity contribution < 1.29 is 28.8 Å². The number of Topliss-reactive ketones (excluding diaryl/α,β-unsaturated/α-hetero) is 1. The van der Waals surface area contributed by atoms with E-state index >= 15 is 0 Å². The van der Waals surface area contributed by atoms with Gasteiger partial charge in [0, 0.05) is 12.3 Å². The molecule has 5 aliphatic rings. The Hall–Kier alpha value is -0.980. The predicted molar refractivity (Wildman–Crippen MR) is 63.9 cm³/mol. The minimum Gasteiger partial charge on any atom is -0.426 e. The Morgan fingerprint density at radius 2 is 1.95 bits per heavy atom. The number of rotatable bonds is 0. The Bertz CT molecular complexity index is 490. The largest absolute Gasteiger partial charge is 0.426 e. The predicted octanol–water partition coefficient (Wildman–Crippen LogP) is 1.33. The minimum absolute atomic E-state index is 0.104. The van der Waals surface area contributed by atoms with E-state index in [9.17, 15) is 9.59 Å². The molecule has 4 saturated heterocycles. The smallest absolute Gasteiger partial charge is 0.377 e. The van der Waals surface area contributed by atoms with Crippen LogP contribution in [0.2, 0.25) is 0 Å². The lowest BCUT2D eigenvalue weighted by atomic mass is 9.60. The van der Waals surface area contributed by atoms with Gasteiger partial charge >= 0.3 is 5.97 Å². The van der Waals surface area contributed by atoms with Gasteiger partial charge in [-0.05, 0) is 32.1 Å². The van der Waals surface area contributed by atoms with E-state index in [1.807, 2.05) is 0 Å². The molecule has 0 unspecified atom stereocenters. The van der Waals surface area contributed by atoms with Crippen LogP contribution in [0.5, 0.6) is 0 Å². The molecule has 0 radical (unpaired) electrons. The first-order valence-corrected chi connectivity index (χ1v) is 7.26. The van der Waals surface area contributed by atoms with E-state index in [1.54, 1.807) is 6.92 Å². The summed E-state index contributed by atoms with van der Waals surface area (Å²) in [6.45, 7) is 3.93. The number of ketones is 1. The molecule has 0 aromatic rings. The molecule has 6 nitrogen and oxygen atoms in total. The zero-order valence-electron chi connectivity index (χ0n) is 11.6. The summed E-state index contributed by atoms with van der Waals surface area (Å²) in [4.78, 5) is 35.2. The second-order valence-corrected chi connectivity index (χ2v) is 6.63. The zero-order valence-corrected chi connectivity index (χ0v) is 11.6. The number of fused-ring (bicyclic) bond motifs is 2. The van der Waals surface area contributed by atoms with E-state index in [0.717, 1.165) is 12.8 Å². The summed E-state index contributed by atoms with van der Waals surface area (Å²) in [5, 5.41) is 0. The standard InChI is InChI=1S/C14H18O6/c1-7-3-4-9-10(15)11(16)17-12-14(9)8(7)5-6-13(2,18-12)19-20-14/h7-9,12H,3-6H2,1-2H3/t7-,8+,9+,12-,13-,14-/m1/s1. The van der Waals surface area contributed by atoms with E-state index in [4.69, 9.17) is 19.2 Å². The number of ether oxygens (including phenoxy) is 2. The summed E-state index contributed by atoms with van der Waals surface area (Å²) < 4.78 is 11.1. The van der Waals surface area contributed by atoms with Gasteiger partial charge < -0.3 is 9.47 Å². The molecule has 0 amide bonds. The molecular formula is C14H18O6. The molecule has 6 atom stereocenters. The molecule has 1 saturated carbocycles. The fraction of sp³-hybridized carbons (Fsp3) is 0.857. The van der Waals surface area contributed by atoms with Gasteiger partial charge in [0.15, 0.2) is 5.60 Å². The molecule has 4 aliphatic heterocycles. The number of hydrogen-bond acceptors (Lipinski definition) is 6. The van der Waals surface area contributed by atoms with E-state index < -0.39 is 35.3 Å². The van der Waals surface area contributed by atoms with Gasteiger partial charge in [-0.2, -0.15) is 0 Å². The van der Waals surface area contributed by atoms with E-state index in [1.165, 1.54) is 0 Å². The molecule has 0 aromatic carbocycles. The van der Waals surface area contributed by atoms with E-state index in [0.29, 0.717) is 18.8 Å². The lowest BCUT2D eigenvalue weighted by Gasteiger charge is -2.55. The van der Waals surface area contributed by atoms with Gasteiger partial charge in [-0.1, -0.05) is 6.92 Å². The van der Waals surface area contributed by atoms with E-state index in [2.05, 4.69) is 6.92 Å². The summed E-state index contributed by atoms with van der Waals surface area (Å²) in [5.74, 6) is -2.25. The lowest BCUT2D eigenvalue weighted by molar-refractivity contribution is -0.553. The SMILES string of the molecule is C[C@@H]1CC[C@H]2C(=O)C(=O)O[C@@H]3O[C@@]4(C)CC[C@@H]1[C@]32OO4. The minimum atomic E-state index is -0.960. The van der Waals surface area contributed by atoms with Crippen molar-refractivity contribution in [1.29, 1.82) is 0 Å². The highest BCUT2D eigenvalue weighted by Crippen LogP contribution is 2.57. The average molecular weight is 282 g/mol. The molecule has 20 heavy (non-hydrogen) atoms. The molecule has 0 N–H and O–H groups in total. The van der Waals surface area contributed by atoms with Crippen LogP contribution in [0.4, 0.5) is 0 Å². The van der Waals surface area contributed by atoms with Crippen LogP contribution >= 0.6 is 0 Å². The fourth-order valence-corrected chi connectivity index (χ4v) is 4.33. The lowest BCUT2D eigenvalue weighted by Crippen LogP contribution is -2.70. The highest BCUT2D eigenvalue weighted by atomic mass is 17.3. The number of carbonyl (C=O) groups is 2. The highest BCUT2D eigenvalue weighted by Gasteiger charge is 2.70. The number of carbonyl (C=O) groups excluding carboxylic acids is 2. The van der Waals surface area contributed by atoms with Crippen molar-refractivity contribution in [3.63, 3.8) is 0 Å². The number of esters is 1. The Balaban J connectivity index is 1.86. The molecule has 110 valence electrons. The summed E-state index contributed by atoms with van der Waals surface area (Å²) >= 11 is 0. The van der Waals surface area contributed by atoms with Gasteiger partial charge in [-0.25, -0.2) is 14.6 Å². The molecule has 4 heterocycles. The van der Waals surface area contributed by atoms with Crippen molar-refractivity contribution in [1.82, 2.24) is 0 Å². The Morgan fingerprint density at radius 1 is 1.15 bits per heavy atom. The maximum absolute atomic E-state index is 12.2. The van der Waals surface area contributed by atoms with Crippen LogP contribution in [0, 0.1) is 17.8 Å². The molecule has 0 aromatic heterocycles. The third-order valence-electron chi connectivity index (χ3n) is 5.45. The maximum Gasteiger partial charge on any atom is 0.377 e. The van der Waals surface area contributed by atoms with Crippen LogP contribution in [0.25, 0.3) is 0 Å². The normalized spacial score (nSPS) is 54.1. The van der Waals surface area contributed by atoms with Crippen LogP contribution in [-0.4, -0.2) is 29.4 Å². The second-order valence-electron chi connectivity index (χ2n) is 6.63. The first-order chi connectivity index (χ1) is 9.46. The van der Waals surface area contributed by atoms with Crippen molar-refractivity contribution in [2.45, 2.75) is 57.2 Å². The van der Waals surface area contributed by atoms with Crippen molar-refractivity contribution >= 4 is 11.8 Å². The van der Waals surface area contributed by atoms with Gasteiger partial charge in [-0.3, -0.25) is 4.79 Å². The summed E-state index contributed by atoms with van der Waals surface area (Å²) in [5.41, 5.74) is -0.960. The van der Waals surface area contributed by atoms with Gasteiger partial charge in [0.25, 0.3) is 0 Å². The van der Waals surface area contributed by atoms with Crippen molar-refractivity contribution in [2.75, 3.05) is 0 Å². The first kappa shape index (κ1) is 12.7. The van der Waals surface area contributed by atoms with Crippen LogP contribution in [0.3, 0.4) is 0 Å². The molecule has 6 heteroatoms. The van der Waals surface area contributed by atoms with Crippen molar-refractivity contribution in [3.8, 4) is 0 Å². The Labute approximate surface area is 116 Å². The van der Waals surface area contributed by atoms with Gasteiger partial charge in [0.05, 0.1) is 5.92 Å². The summed E-state index contributed by atoms with van der Waals surface area (Å²) in [6.07, 6.45) is 2.19. The first-order valence-electron chi connectivity index (χ1n) is 7.26. The Kier molecular flexibility index (Phi) is 2.43. The van der Waals surface area contributed by atoms with Gasteiger partial charge in [-0.15, -0.1) is 0 Å². The fourth-order valence-electron chi connectivity index (χ4n) is 4.33. The summed E-state index contributed by atoms with van der Waals surface area (Å²) in [6, 6.07) is 0. The third-order valence-corrected chi connectivity index (χ3v) is 5.45. The average Bonchev–Trinajstić information content (AvgIpc) is 2.63. The molecule has 1 aliphatic carbocycles. The number of hydrogen-bond donors (Lipinski definition) is 0. The second kappa shape index (κ2) is 3.81. The van der Waals surface area contributed by atoms with Crippen LogP contribution in [-0.2, 0) is 28.8 Å². The molecule has 2 bridgehead atoms. The quantitative estimate of drug-likeness (QED) is 0.379. The molecule has 1 spiro atoms. The van der Waals surface area contributed by atoms with Crippen LogP contribution < -0.4 is 0 Å². The van der Waals surface area contributed by atoms with Gasteiger partial charge in [0.1, 0.15) is 0 Å².